The van der Waals surface area contributed by atoms with E-state index in [4.69, 9.17) is 9.15 Å². The molecule has 0 aliphatic carbocycles. The zero-order valence-corrected chi connectivity index (χ0v) is 17.2. The van der Waals surface area contributed by atoms with Gasteiger partial charge < -0.3 is 19.4 Å². The predicted molar refractivity (Wildman–Crippen MR) is 117 cm³/mol. The molecule has 1 N–H and O–H groups in total. The van der Waals surface area contributed by atoms with Gasteiger partial charge in [-0.1, -0.05) is 30.3 Å². The normalized spacial score (nSPS) is 21.0. The van der Waals surface area contributed by atoms with Gasteiger partial charge in [0.25, 0.3) is 5.91 Å². The fourth-order valence-electron chi connectivity index (χ4n) is 4.25. The van der Waals surface area contributed by atoms with E-state index in [0.717, 1.165) is 24.9 Å². The molecule has 5 rings (SSSR count). The highest BCUT2D eigenvalue weighted by Gasteiger charge is 2.42. The van der Waals surface area contributed by atoms with E-state index in [0.29, 0.717) is 42.0 Å². The third-order valence-electron chi connectivity index (χ3n) is 5.80. The van der Waals surface area contributed by atoms with Gasteiger partial charge in [0.05, 0.1) is 24.3 Å². The van der Waals surface area contributed by atoms with Crippen molar-refractivity contribution in [1.29, 1.82) is 0 Å². The number of halogens is 1. The molecular weight excluding hydrogens is 404 g/mol. The average Bonchev–Trinajstić information content (AvgIpc) is 3.16. The van der Waals surface area contributed by atoms with Crippen molar-refractivity contribution in [2.45, 2.75) is 12.0 Å². The molecule has 156 valence electrons. The molecule has 3 heterocycles. The largest absolute Gasteiger partial charge is 0.422 e. The van der Waals surface area contributed by atoms with Crippen LogP contribution in [0.1, 0.15) is 16.8 Å². The molecule has 7 heteroatoms. The number of hydrogen-bond acceptors (Lipinski definition) is 5. The van der Waals surface area contributed by atoms with Crippen molar-refractivity contribution in [2.24, 2.45) is 0 Å². The molecule has 1 atom stereocenters. The lowest BCUT2D eigenvalue weighted by Crippen LogP contribution is -2.51. The first kappa shape index (κ1) is 20.6. The molecule has 1 unspecified atom stereocenters. The molecule has 3 aromatic rings. The van der Waals surface area contributed by atoms with Crippen molar-refractivity contribution in [3.8, 4) is 11.1 Å². The molecule has 1 spiro atoms. The van der Waals surface area contributed by atoms with Crippen LogP contribution in [0, 0.1) is 0 Å². The van der Waals surface area contributed by atoms with Crippen molar-refractivity contribution < 1.29 is 13.9 Å². The summed E-state index contributed by atoms with van der Waals surface area (Å²) < 4.78 is 11.4. The Kier molecular flexibility index (Phi) is 5.64. The molecule has 2 aliphatic rings. The molecule has 30 heavy (non-hydrogen) atoms. The summed E-state index contributed by atoms with van der Waals surface area (Å²) in [5.41, 5.74) is 1.57. The van der Waals surface area contributed by atoms with Gasteiger partial charge in [0.1, 0.15) is 5.58 Å². The Morgan fingerprint density at radius 2 is 1.97 bits per heavy atom. The average molecular weight is 427 g/mol. The van der Waals surface area contributed by atoms with E-state index in [1.807, 2.05) is 41.3 Å². The number of amides is 1. The second kappa shape index (κ2) is 8.22. The van der Waals surface area contributed by atoms with Gasteiger partial charge in [-0.15, -0.1) is 12.4 Å². The van der Waals surface area contributed by atoms with Crippen molar-refractivity contribution >= 4 is 29.3 Å². The van der Waals surface area contributed by atoms with Crippen LogP contribution in [0.15, 0.2) is 63.8 Å². The number of nitrogens with zero attached hydrogens (tertiary/aromatic N) is 1. The summed E-state index contributed by atoms with van der Waals surface area (Å²) in [7, 11) is 0. The van der Waals surface area contributed by atoms with Gasteiger partial charge in [0, 0.05) is 30.6 Å². The smallest absolute Gasteiger partial charge is 0.344 e. The van der Waals surface area contributed by atoms with Crippen LogP contribution in [0.3, 0.4) is 0 Å². The topological polar surface area (TPSA) is 71.8 Å². The third-order valence-corrected chi connectivity index (χ3v) is 5.80. The summed E-state index contributed by atoms with van der Waals surface area (Å²) in [5.74, 6) is -0.0388. The van der Waals surface area contributed by atoms with E-state index in [2.05, 4.69) is 5.32 Å². The first-order valence-corrected chi connectivity index (χ1v) is 9.91. The van der Waals surface area contributed by atoms with E-state index in [-0.39, 0.29) is 23.9 Å². The van der Waals surface area contributed by atoms with E-state index >= 15 is 0 Å². The van der Waals surface area contributed by atoms with Gasteiger partial charge in [0.2, 0.25) is 0 Å². The van der Waals surface area contributed by atoms with Crippen LogP contribution < -0.4 is 10.9 Å². The van der Waals surface area contributed by atoms with Crippen molar-refractivity contribution in [1.82, 2.24) is 10.2 Å². The zero-order chi connectivity index (χ0) is 19.8. The van der Waals surface area contributed by atoms with Crippen LogP contribution in [0.2, 0.25) is 0 Å². The first-order chi connectivity index (χ1) is 14.1. The number of carbonyl (C=O) groups excluding carboxylic acids is 1. The Balaban J connectivity index is 0.00000218. The van der Waals surface area contributed by atoms with Crippen LogP contribution in [0.25, 0.3) is 22.1 Å². The molecule has 0 radical (unpaired) electrons. The van der Waals surface area contributed by atoms with E-state index < -0.39 is 5.63 Å². The van der Waals surface area contributed by atoms with Crippen molar-refractivity contribution in [2.75, 3.05) is 32.8 Å². The van der Waals surface area contributed by atoms with Crippen LogP contribution in [0.5, 0.6) is 0 Å². The molecule has 2 aromatic carbocycles. The summed E-state index contributed by atoms with van der Waals surface area (Å²) in [6.45, 7) is 3.56. The highest BCUT2D eigenvalue weighted by Crippen LogP contribution is 2.28. The lowest BCUT2D eigenvalue weighted by Gasteiger charge is -2.34. The number of rotatable bonds is 2. The molecule has 1 amide bonds. The second-order valence-electron chi connectivity index (χ2n) is 7.75. The van der Waals surface area contributed by atoms with Gasteiger partial charge in [-0.3, -0.25) is 4.79 Å². The maximum Gasteiger partial charge on any atom is 0.344 e. The van der Waals surface area contributed by atoms with E-state index in [1.165, 1.54) is 0 Å². The lowest BCUT2D eigenvalue weighted by molar-refractivity contribution is -0.0559. The second-order valence-corrected chi connectivity index (χ2v) is 7.75. The van der Waals surface area contributed by atoms with Crippen LogP contribution in [0.4, 0.5) is 0 Å². The predicted octanol–water partition coefficient (Wildman–Crippen LogP) is 3.09. The molecule has 6 nitrogen and oxygen atoms in total. The van der Waals surface area contributed by atoms with Crippen LogP contribution in [-0.2, 0) is 4.74 Å². The number of fused-ring (bicyclic) bond motifs is 1. The summed E-state index contributed by atoms with van der Waals surface area (Å²) in [6.07, 6.45) is 0.833. The van der Waals surface area contributed by atoms with Gasteiger partial charge in [-0.05, 0) is 36.2 Å². The number of carbonyl (C=O) groups is 1. The summed E-state index contributed by atoms with van der Waals surface area (Å²) >= 11 is 0. The van der Waals surface area contributed by atoms with E-state index in [1.54, 1.807) is 18.2 Å². The summed E-state index contributed by atoms with van der Waals surface area (Å²) in [5, 5.41) is 4.21. The Labute approximate surface area is 180 Å². The summed E-state index contributed by atoms with van der Waals surface area (Å²) in [6, 6.07) is 16.4. The van der Waals surface area contributed by atoms with Crippen molar-refractivity contribution in [3.05, 3.63) is 70.6 Å². The molecule has 2 aliphatic heterocycles. The molecule has 0 bridgehead atoms. The quantitative estimate of drug-likeness (QED) is 0.637. The van der Waals surface area contributed by atoms with Gasteiger partial charge >= 0.3 is 5.63 Å². The monoisotopic (exact) mass is 426 g/mol. The van der Waals surface area contributed by atoms with Crippen LogP contribution >= 0.6 is 12.4 Å². The fraction of sp³-hybridized carbons (Fsp3) is 0.304. The Morgan fingerprint density at radius 3 is 2.80 bits per heavy atom. The Morgan fingerprint density at radius 1 is 1.10 bits per heavy atom. The molecule has 2 saturated heterocycles. The maximum absolute atomic E-state index is 13.1. The number of morpholine rings is 1. The molecule has 1 aromatic heterocycles. The minimum Gasteiger partial charge on any atom is -0.422 e. The highest BCUT2D eigenvalue weighted by atomic mass is 35.5. The minimum atomic E-state index is -0.407. The SMILES string of the molecule is Cl.O=C(c1cccc(-c2cc3ccccc3oc2=O)c1)N1CCC2(CNCCO2)C1. The molecule has 0 saturated carbocycles. The van der Waals surface area contributed by atoms with E-state index in [9.17, 15) is 9.59 Å². The number of para-hydroxylation sites is 1. The number of likely N-dealkylation sites (tertiary alicyclic amines) is 1. The first-order valence-electron chi connectivity index (χ1n) is 9.91. The molecular formula is C23H23ClN2O4. The number of benzene rings is 2. The highest BCUT2D eigenvalue weighted by molar-refractivity contribution is 5.96. The lowest BCUT2D eigenvalue weighted by atomic mass is 10.0. The molecule has 2 fully saturated rings. The van der Waals surface area contributed by atoms with Crippen LogP contribution in [-0.4, -0.2) is 49.2 Å². The number of hydrogen-bond donors (Lipinski definition) is 1. The van der Waals surface area contributed by atoms with Gasteiger partial charge in [-0.2, -0.15) is 0 Å². The Hall–Kier alpha value is -2.67. The van der Waals surface area contributed by atoms with Gasteiger partial charge in [-0.25, -0.2) is 4.79 Å². The number of ether oxygens (including phenoxy) is 1. The fourth-order valence-corrected chi connectivity index (χ4v) is 4.25. The third kappa shape index (κ3) is 3.74. The summed E-state index contributed by atoms with van der Waals surface area (Å²) in [4.78, 5) is 27.4. The Bertz CT molecular complexity index is 1140. The minimum absolute atomic E-state index is 0. The standard InChI is InChI=1S/C23H22N2O4.ClH/c26-21(25-10-8-23(15-25)14-24-9-11-28-23)18-6-3-5-16(12-18)19-13-17-4-1-2-7-20(17)29-22(19)27;/h1-7,12-13,24H,8-11,14-15H2;1H. The van der Waals surface area contributed by atoms with Gasteiger partial charge in [0.15, 0.2) is 0 Å². The number of nitrogens with one attached hydrogen (secondary N) is 1. The van der Waals surface area contributed by atoms with Crippen molar-refractivity contribution in [3.63, 3.8) is 0 Å². The maximum atomic E-state index is 13.1. The zero-order valence-electron chi connectivity index (χ0n) is 16.4.